The number of nitrogens with one attached hydrogen (secondary N) is 2. The molecule has 0 amide bonds. The largest absolute Gasteiger partial charge is 0.293 e. The van der Waals surface area contributed by atoms with Gasteiger partial charge in [-0.05, 0) is 6.42 Å². The maximum Gasteiger partial charge on any atom is 0.245 e. The van der Waals surface area contributed by atoms with Gasteiger partial charge in [-0.2, -0.15) is 4.83 Å². The Morgan fingerprint density at radius 2 is 2.20 bits per heavy atom. The third-order valence-corrected chi connectivity index (χ3v) is 1.38. The fourth-order valence-electron chi connectivity index (χ4n) is 0.576. The van der Waals surface area contributed by atoms with E-state index in [1.807, 2.05) is 0 Å². The van der Waals surface area contributed by atoms with Gasteiger partial charge in [0.05, 0.1) is 0 Å². The van der Waals surface area contributed by atoms with Crippen molar-refractivity contribution in [2.24, 2.45) is 0 Å². The van der Waals surface area contributed by atoms with Crippen molar-refractivity contribution >= 4 is 11.3 Å². The van der Waals surface area contributed by atoms with Crippen molar-refractivity contribution in [3.05, 3.63) is 0 Å². The third-order valence-electron chi connectivity index (χ3n) is 1.06. The summed E-state index contributed by atoms with van der Waals surface area (Å²) in [5.41, 5.74) is 2.62. The molecule has 0 aliphatic carbocycles. The molecule has 1 atom stereocenters. The average molecular weight is 166 g/mol. The quantitative estimate of drug-likeness (QED) is 0.304. The molecule has 1 unspecified atom stereocenters. The minimum Gasteiger partial charge on any atom is -0.293 e. The molecule has 0 aromatic heterocycles. The summed E-state index contributed by atoms with van der Waals surface area (Å²) in [6.07, 6.45) is 3.33. The van der Waals surface area contributed by atoms with E-state index in [1.165, 1.54) is 0 Å². The predicted molar refractivity (Wildman–Crippen MR) is 41.4 cm³/mol. The van der Waals surface area contributed by atoms with Gasteiger partial charge in [0.15, 0.2) is 0 Å². The first-order valence-electron chi connectivity index (χ1n) is 3.36. The van der Waals surface area contributed by atoms with Crippen LogP contribution in [0.2, 0.25) is 0 Å². The summed E-state index contributed by atoms with van der Waals surface area (Å²) in [6.45, 7) is 2.85. The van der Waals surface area contributed by atoms with Crippen molar-refractivity contribution in [2.75, 3.05) is 6.54 Å². The van der Waals surface area contributed by atoms with E-state index >= 15 is 0 Å². The number of hydrogen-bond acceptors (Lipinski definition) is 2. The lowest BCUT2D eigenvalue weighted by Crippen LogP contribution is -2.33. The lowest BCUT2D eigenvalue weighted by Gasteiger charge is -2.00. The lowest BCUT2D eigenvalue weighted by atomic mass is 10.3. The van der Waals surface area contributed by atoms with Gasteiger partial charge in [-0.25, -0.2) is 9.63 Å². The van der Waals surface area contributed by atoms with Crippen LogP contribution in [0, 0.1) is 0 Å². The van der Waals surface area contributed by atoms with E-state index in [4.69, 9.17) is 4.55 Å². The maximum atomic E-state index is 9.97. The van der Waals surface area contributed by atoms with Crippen LogP contribution < -0.4 is 10.3 Å². The Bertz CT molecular complexity index is 99.6. The minimum atomic E-state index is -1.93. The molecule has 0 heterocycles. The zero-order chi connectivity index (χ0) is 7.82. The van der Waals surface area contributed by atoms with E-state index in [-0.39, 0.29) is 0 Å². The highest BCUT2D eigenvalue weighted by molar-refractivity contribution is 7.77. The van der Waals surface area contributed by atoms with E-state index in [9.17, 15) is 4.21 Å². The normalized spacial score (nSPS) is 13.4. The summed E-state index contributed by atoms with van der Waals surface area (Å²) in [5, 5.41) is 0. The third kappa shape index (κ3) is 8.03. The smallest absolute Gasteiger partial charge is 0.245 e. The van der Waals surface area contributed by atoms with Gasteiger partial charge in [0.1, 0.15) is 0 Å². The van der Waals surface area contributed by atoms with Crippen LogP contribution in [-0.2, 0) is 11.3 Å². The van der Waals surface area contributed by atoms with Crippen LogP contribution in [0.3, 0.4) is 0 Å². The summed E-state index contributed by atoms with van der Waals surface area (Å²) >= 11 is -1.93. The molecule has 0 saturated carbocycles. The van der Waals surface area contributed by atoms with Gasteiger partial charge in [-0.1, -0.05) is 19.8 Å². The van der Waals surface area contributed by atoms with Gasteiger partial charge in [-0.15, -0.1) is 0 Å². The van der Waals surface area contributed by atoms with Crippen molar-refractivity contribution in [1.82, 2.24) is 10.3 Å². The van der Waals surface area contributed by atoms with Crippen molar-refractivity contribution < 1.29 is 8.76 Å². The summed E-state index contributed by atoms with van der Waals surface area (Å²) in [6, 6.07) is 0. The first-order valence-corrected chi connectivity index (χ1v) is 4.47. The van der Waals surface area contributed by atoms with E-state index < -0.39 is 11.3 Å². The molecular weight excluding hydrogens is 152 g/mol. The molecule has 10 heavy (non-hydrogen) atoms. The molecule has 62 valence electrons. The van der Waals surface area contributed by atoms with Crippen LogP contribution in [-0.4, -0.2) is 15.3 Å². The van der Waals surface area contributed by atoms with Crippen LogP contribution in [0.1, 0.15) is 26.2 Å². The minimum absolute atomic E-state index is 0.736. The number of hydrazine groups is 1. The molecule has 0 bridgehead atoms. The van der Waals surface area contributed by atoms with Crippen LogP contribution >= 0.6 is 0 Å². The van der Waals surface area contributed by atoms with Gasteiger partial charge in [0.2, 0.25) is 11.3 Å². The molecule has 0 radical (unpaired) electrons. The standard InChI is InChI=1S/C5H14N2O2S/c1-2-3-4-5-6-7-10(8)9/h6-7H,2-5H2,1H3,(H,8,9). The van der Waals surface area contributed by atoms with Crippen molar-refractivity contribution in [2.45, 2.75) is 26.2 Å². The average Bonchev–Trinajstić information content (AvgIpc) is 1.87. The molecule has 0 rings (SSSR count). The number of hydrogen-bond donors (Lipinski definition) is 3. The summed E-state index contributed by atoms with van der Waals surface area (Å²) in [4.78, 5) is 2.18. The second-order valence-corrected chi connectivity index (χ2v) is 2.69. The number of rotatable bonds is 6. The molecule has 0 aliphatic rings. The van der Waals surface area contributed by atoms with E-state index in [0.29, 0.717) is 0 Å². The van der Waals surface area contributed by atoms with E-state index in [0.717, 1.165) is 25.8 Å². The summed E-state index contributed by atoms with van der Waals surface area (Å²) in [7, 11) is 0. The second-order valence-electron chi connectivity index (χ2n) is 1.99. The SMILES string of the molecule is CCCCCNNS(=O)O. The summed E-state index contributed by atoms with van der Waals surface area (Å²) < 4.78 is 18.2. The van der Waals surface area contributed by atoms with Crippen LogP contribution in [0.25, 0.3) is 0 Å². The Balaban J connectivity index is 2.84. The summed E-state index contributed by atoms with van der Waals surface area (Å²) in [5.74, 6) is 0. The highest BCUT2D eigenvalue weighted by Crippen LogP contribution is 1.89. The molecule has 0 aromatic rings. The van der Waals surface area contributed by atoms with Crippen molar-refractivity contribution in [1.29, 1.82) is 0 Å². The van der Waals surface area contributed by atoms with Gasteiger partial charge in [0, 0.05) is 6.54 Å². The molecule has 4 nitrogen and oxygen atoms in total. The maximum absolute atomic E-state index is 9.97. The fraction of sp³-hybridized carbons (Fsp3) is 1.00. The van der Waals surface area contributed by atoms with Crippen LogP contribution in [0.4, 0.5) is 0 Å². The van der Waals surface area contributed by atoms with E-state index in [2.05, 4.69) is 17.2 Å². The van der Waals surface area contributed by atoms with Gasteiger partial charge in [0.25, 0.3) is 0 Å². The zero-order valence-electron chi connectivity index (χ0n) is 6.09. The van der Waals surface area contributed by atoms with Gasteiger partial charge in [-0.3, -0.25) is 4.55 Å². The topological polar surface area (TPSA) is 61.4 Å². The molecule has 0 spiro atoms. The molecule has 0 aromatic carbocycles. The Morgan fingerprint density at radius 1 is 1.50 bits per heavy atom. The molecule has 5 heteroatoms. The Kier molecular flexibility index (Phi) is 7.16. The van der Waals surface area contributed by atoms with Crippen LogP contribution in [0.5, 0.6) is 0 Å². The Morgan fingerprint density at radius 3 is 2.70 bits per heavy atom. The highest BCUT2D eigenvalue weighted by Gasteiger charge is 1.88. The number of unbranched alkanes of at least 4 members (excludes halogenated alkanes) is 2. The van der Waals surface area contributed by atoms with Crippen LogP contribution in [0.15, 0.2) is 0 Å². The second kappa shape index (κ2) is 7.14. The predicted octanol–water partition coefficient (Wildman–Crippen LogP) is 0.408. The van der Waals surface area contributed by atoms with Crippen molar-refractivity contribution in [3.8, 4) is 0 Å². The Labute approximate surface area is 63.8 Å². The molecular formula is C5H14N2O2S. The van der Waals surface area contributed by atoms with Crippen molar-refractivity contribution in [3.63, 3.8) is 0 Å². The van der Waals surface area contributed by atoms with Gasteiger partial charge < -0.3 is 0 Å². The first-order chi connectivity index (χ1) is 4.77. The molecule has 0 saturated heterocycles. The van der Waals surface area contributed by atoms with Gasteiger partial charge >= 0.3 is 0 Å². The monoisotopic (exact) mass is 166 g/mol. The zero-order valence-corrected chi connectivity index (χ0v) is 6.91. The molecule has 0 aliphatic heterocycles. The molecule has 0 fully saturated rings. The lowest BCUT2D eigenvalue weighted by molar-refractivity contribution is 0.519. The molecule has 3 N–H and O–H groups in total. The first kappa shape index (κ1) is 10.0. The Hall–Kier alpha value is 0.0300. The van der Waals surface area contributed by atoms with E-state index in [1.54, 1.807) is 0 Å². The highest BCUT2D eigenvalue weighted by atomic mass is 32.2. The fourth-order valence-corrected chi connectivity index (χ4v) is 0.802.